The molecule has 3 aromatic carbocycles. The molecule has 0 saturated carbocycles. The summed E-state index contributed by atoms with van der Waals surface area (Å²) in [5.41, 5.74) is 6.30. The number of aromatic hydroxyl groups is 1. The fourth-order valence-electron chi connectivity index (χ4n) is 2.95. The summed E-state index contributed by atoms with van der Waals surface area (Å²) in [5.74, 6) is -0.217. The number of rotatable bonds is 8. The Morgan fingerprint density at radius 1 is 1.03 bits per heavy atom. The summed E-state index contributed by atoms with van der Waals surface area (Å²) in [7, 11) is 0. The predicted molar refractivity (Wildman–Crippen MR) is 133 cm³/mol. The summed E-state index contributed by atoms with van der Waals surface area (Å²) >= 11 is -0.254. The number of carbonyl (C=O) groups excluding carboxylic acids is 1. The molecule has 9 heteroatoms. The van der Waals surface area contributed by atoms with Crippen LogP contribution in [0.2, 0.25) is 0 Å². The second-order valence-electron chi connectivity index (χ2n) is 6.93. The van der Waals surface area contributed by atoms with Crippen molar-refractivity contribution in [3.63, 3.8) is 0 Å². The summed E-state index contributed by atoms with van der Waals surface area (Å²) in [4.78, 5) is 16.5. The number of benzene rings is 3. The van der Waals surface area contributed by atoms with Gasteiger partial charge < -0.3 is 0 Å². The van der Waals surface area contributed by atoms with E-state index in [9.17, 15) is 9.90 Å². The zero-order valence-corrected chi connectivity index (χ0v) is 20.0. The van der Waals surface area contributed by atoms with E-state index in [-0.39, 0.29) is 26.2 Å². The molecule has 4 rings (SSSR count). The third-order valence-electron chi connectivity index (χ3n) is 4.59. The fraction of sp³-hybridized carbons (Fsp3) is 0.0800. The van der Waals surface area contributed by atoms with E-state index >= 15 is 0 Å². The van der Waals surface area contributed by atoms with Crippen molar-refractivity contribution in [2.24, 2.45) is 15.3 Å². The van der Waals surface area contributed by atoms with E-state index < -0.39 is 0 Å². The van der Waals surface area contributed by atoms with Gasteiger partial charge in [0.25, 0.3) is 0 Å². The first kappa shape index (κ1) is 23.1. The molecular weight excluding hydrogens is 497 g/mol. The first-order valence-electron chi connectivity index (χ1n) is 10.5. The van der Waals surface area contributed by atoms with Gasteiger partial charge in [-0.25, -0.2) is 0 Å². The number of hydrogen-bond donors (Lipinski definition) is 2. The van der Waals surface area contributed by atoms with Crippen LogP contribution in [-0.4, -0.2) is 43.4 Å². The number of nitrogens with zero attached hydrogens (tertiary/aromatic N) is 4. The van der Waals surface area contributed by atoms with Crippen molar-refractivity contribution in [2.45, 2.75) is 6.92 Å². The molecule has 0 unspecified atom stereocenters. The maximum absolute atomic E-state index is 11.8. The van der Waals surface area contributed by atoms with Crippen molar-refractivity contribution >= 4 is 41.6 Å². The van der Waals surface area contributed by atoms with Gasteiger partial charge in [-0.1, -0.05) is 0 Å². The molecule has 0 aliphatic heterocycles. The van der Waals surface area contributed by atoms with Crippen LogP contribution in [0.1, 0.15) is 22.8 Å². The number of carbonyl (C=O) groups is 1. The number of nitrogens with one attached hydrogen (secondary N) is 1. The normalized spacial score (nSPS) is 11.2. The molecule has 0 spiro atoms. The molecule has 0 saturated heterocycles. The molecule has 2 N–H and O–H groups in total. The average molecular weight is 518 g/mol. The van der Waals surface area contributed by atoms with Crippen LogP contribution in [0.15, 0.2) is 94.2 Å². The quantitative estimate of drug-likeness (QED) is 0.105. The summed E-state index contributed by atoms with van der Waals surface area (Å²) in [6.45, 7) is 2.09. The Labute approximate surface area is 202 Å². The number of anilines is 1. The van der Waals surface area contributed by atoms with E-state index in [0.717, 1.165) is 15.8 Å². The van der Waals surface area contributed by atoms with E-state index in [1.54, 1.807) is 55.6 Å². The number of aromatic nitrogens is 1. The minimum absolute atomic E-state index is 0.151. The Hall–Kier alpha value is -4.07. The van der Waals surface area contributed by atoms with Crippen molar-refractivity contribution in [1.29, 1.82) is 0 Å². The molecule has 34 heavy (non-hydrogen) atoms. The fourth-order valence-corrected chi connectivity index (χ4v) is 4.54. The summed E-state index contributed by atoms with van der Waals surface area (Å²) in [6.07, 6.45) is 1.54. The third kappa shape index (κ3) is 5.83. The van der Waals surface area contributed by atoms with Crippen LogP contribution >= 0.6 is 0 Å². The van der Waals surface area contributed by atoms with Gasteiger partial charge in [-0.3, -0.25) is 0 Å². The number of para-hydroxylation sites is 1. The van der Waals surface area contributed by atoms with Crippen molar-refractivity contribution in [3.8, 4) is 17.0 Å². The molecule has 0 bridgehead atoms. The Morgan fingerprint density at radius 3 is 2.50 bits per heavy atom. The van der Waals surface area contributed by atoms with Gasteiger partial charge in [-0.15, -0.1) is 0 Å². The van der Waals surface area contributed by atoms with Crippen LogP contribution in [0.25, 0.3) is 11.3 Å². The molecule has 0 amide bonds. The molecule has 0 aliphatic rings. The van der Waals surface area contributed by atoms with Gasteiger partial charge in [0, 0.05) is 0 Å². The number of hydrazone groups is 1. The van der Waals surface area contributed by atoms with Crippen molar-refractivity contribution in [1.82, 2.24) is 4.98 Å². The van der Waals surface area contributed by atoms with Gasteiger partial charge in [0.2, 0.25) is 0 Å². The van der Waals surface area contributed by atoms with Crippen molar-refractivity contribution in [2.75, 3.05) is 12.0 Å². The number of azo groups is 1. The molecule has 170 valence electrons. The number of phenolic OH excluding ortho intramolecular Hbond substituents is 1. The Bertz CT molecular complexity index is 1320. The molecular formula is C25H21N5O3Se. The van der Waals surface area contributed by atoms with E-state index in [1.807, 2.05) is 36.4 Å². The first-order chi connectivity index (χ1) is 16.6. The van der Waals surface area contributed by atoms with Gasteiger partial charge in [0.05, 0.1) is 0 Å². The van der Waals surface area contributed by atoms with Crippen molar-refractivity contribution < 1.29 is 14.6 Å². The zero-order valence-electron chi connectivity index (χ0n) is 18.3. The van der Waals surface area contributed by atoms with Crippen LogP contribution in [-0.2, 0) is 4.74 Å². The number of esters is 1. The number of hydrogen-bond acceptors (Lipinski definition) is 8. The van der Waals surface area contributed by atoms with Crippen LogP contribution in [0.5, 0.6) is 5.75 Å². The average Bonchev–Trinajstić information content (AvgIpc) is 3.28. The molecule has 0 atom stereocenters. The third-order valence-corrected chi connectivity index (χ3v) is 6.36. The molecule has 0 fully saturated rings. The zero-order chi connectivity index (χ0) is 23.8. The second-order valence-corrected chi connectivity index (χ2v) is 8.99. The number of phenols is 1. The van der Waals surface area contributed by atoms with E-state index in [0.29, 0.717) is 28.1 Å². The summed E-state index contributed by atoms with van der Waals surface area (Å²) in [6, 6.07) is 23.5. The molecule has 1 heterocycles. The van der Waals surface area contributed by atoms with Gasteiger partial charge in [0.15, 0.2) is 0 Å². The van der Waals surface area contributed by atoms with Gasteiger partial charge >= 0.3 is 203 Å². The van der Waals surface area contributed by atoms with Gasteiger partial charge in [-0.05, 0) is 0 Å². The Morgan fingerprint density at radius 2 is 1.76 bits per heavy atom. The number of ether oxygens (including phenoxy) is 1. The van der Waals surface area contributed by atoms with E-state index in [1.165, 1.54) is 0 Å². The molecule has 1 aromatic heterocycles. The van der Waals surface area contributed by atoms with E-state index in [4.69, 9.17) is 4.74 Å². The second kappa shape index (κ2) is 11.2. The van der Waals surface area contributed by atoms with E-state index in [2.05, 4.69) is 25.7 Å². The van der Waals surface area contributed by atoms with Crippen LogP contribution in [0.3, 0.4) is 0 Å². The topological polar surface area (TPSA) is 109 Å². The summed E-state index contributed by atoms with van der Waals surface area (Å²) < 4.78 is 6.42. The minimum atomic E-state index is -0.368. The molecule has 8 nitrogen and oxygen atoms in total. The monoisotopic (exact) mass is 519 g/mol. The van der Waals surface area contributed by atoms with Crippen molar-refractivity contribution in [3.05, 3.63) is 90.0 Å². The Balaban J connectivity index is 1.56. The SMILES string of the molecule is CCOC(=O)c1ccc(N=Nc2[se]c(NN=Cc3ccccc3O)nc2-c2ccccc2)cc1. The van der Waals surface area contributed by atoms with Gasteiger partial charge in [0.1, 0.15) is 0 Å². The van der Waals surface area contributed by atoms with Crippen LogP contribution in [0, 0.1) is 0 Å². The van der Waals surface area contributed by atoms with Gasteiger partial charge in [-0.2, -0.15) is 0 Å². The standard InChI is InChI=1S/C25H21N5O3Se/c1-2-33-24(32)18-12-14-20(15-13-18)28-29-23-22(17-8-4-3-5-9-17)27-25(34-23)30-26-16-19-10-6-7-11-21(19)31/h3-16,31H,2H2,1H3,(H,27,30). The molecule has 4 aromatic rings. The Kier molecular flexibility index (Phi) is 7.60. The van der Waals surface area contributed by atoms with Crippen LogP contribution in [0.4, 0.5) is 14.9 Å². The molecule has 0 radical (unpaired) electrons. The van der Waals surface area contributed by atoms with Crippen LogP contribution < -0.4 is 5.43 Å². The summed E-state index contributed by atoms with van der Waals surface area (Å²) in [5, 5.41) is 22.9. The predicted octanol–water partition coefficient (Wildman–Crippen LogP) is 5.55. The molecule has 0 aliphatic carbocycles. The first-order valence-corrected chi connectivity index (χ1v) is 12.2. The maximum atomic E-state index is 11.8.